The molecule has 0 bridgehead atoms. The van der Waals surface area contributed by atoms with Crippen LogP contribution in [0.1, 0.15) is 30.1 Å². The minimum absolute atomic E-state index is 0.0813. The second kappa shape index (κ2) is 8.32. The van der Waals surface area contributed by atoms with Gasteiger partial charge in [0.2, 0.25) is 5.91 Å². The predicted molar refractivity (Wildman–Crippen MR) is 80.9 cm³/mol. The summed E-state index contributed by atoms with van der Waals surface area (Å²) < 4.78 is 0. The summed E-state index contributed by atoms with van der Waals surface area (Å²) in [5.41, 5.74) is 1.20. The molecule has 1 rings (SSSR count). The Balaban J connectivity index is 2.53. The zero-order valence-corrected chi connectivity index (χ0v) is 12.4. The molecule has 0 radical (unpaired) electrons. The molecule has 5 nitrogen and oxygen atoms in total. The molecule has 5 heteroatoms. The van der Waals surface area contributed by atoms with Crippen LogP contribution in [-0.4, -0.2) is 43.9 Å². The van der Waals surface area contributed by atoms with Crippen LogP contribution < -0.4 is 10.6 Å². The van der Waals surface area contributed by atoms with Crippen molar-refractivity contribution < 1.29 is 9.59 Å². The van der Waals surface area contributed by atoms with Crippen molar-refractivity contribution in [1.82, 2.24) is 10.2 Å². The lowest BCUT2D eigenvalue weighted by atomic mass is 10.2. The number of anilines is 1. The first-order chi connectivity index (χ1) is 9.54. The summed E-state index contributed by atoms with van der Waals surface area (Å²) in [6.07, 6.45) is 2.16. The standard InChI is InChI=1S/C15H23N3O2/c1-4-5-9-16-11-14(19)17-13-8-6-7-12(10-13)15(20)18(2)3/h6-8,10,16H,4-5,9,11H2,1-3H3,(H,17,19). The first-order valence-electron chi connectivity index (χ1n) is 6.87. The number of carbonyl (C=O) groups is 2. The number of unbranched alkanes of at least 4 members (excludes halogenated alkanes) is 1. The summed E-state index contributed by atoms with van der Waals surface area (Å²) in [5, 5.41) is 5.86. The van der Waals surface area contributed by atoms with Crippen LogP contribution in [0.5, 0.6) is 0 Å². The molecule has 0 aromatic heterocycles. The fraction of sp³-hybridized carbons (Fsp3) is 0.467. The number of nitrogens with zero attached hydrogens (tertiary/aromatic N) is 1. The van der Waals surface area contributed by atoms with E-state index in [0.29, 0.717) is 11.3 Å². The van der Waals surface area contributed by atoms with Gasteiger partial charge in [-0.1, -0.05) is 19.4 Å². The summed E-state index contributed by atoms with van der Waals surface area (Å²) in [6, 6.07) is 6.96. The summed E-state index contributed by atoms with van der Waals surface area (Å²) in [4.78, 5) is 25.1. The molecule has 2 amide bonds. The van der Waals surface area contributed by atoms with Crippen molar-refractivity contribution >= 4 is 17.5 Å². The summed E-state index contributed by atoms with van der Waals surface area (Å²) in [5.74, 6) is -0.183. The van der Waals surface area contributed by atoms with Crippen LogP contribution in [0.4, 0.5) is 5.69 Å². The Morgan fingerprint density at radius 3 is 2.65 bits per heavy atom. The van der Waals surface area contributed by atoms with E-state index in [9.17, 15) is 9.59 Å². The average molecular weight is 277 g/mol. The van der Waals surface area contributed by atoms with E-state index in [4.69, 9.17) is 0 Å². The van der Waals surface area contributed by atoms with Crippen molar-refractivity contribution in [3.8, 4) is 0 Å². The molecule has 20 heavy (non-hydrogen) atoms. The fourth-order valence-electron chi connectivity index (χ4n) is 1.70. The number of nitrogens with one attached hydrogen (secondary N) is 2. The van der Waals surface area contributed by atoms with E-state index in [1.54, 1.807) is 38.4 Å². The van der Waals surface area contributed by atoms with Gasteiger partial charge in [-0.2, -0.15) is 0 Å². The molecule has 0 heterocycles. The molecule has 110 valence electrons. The molecule has 1 aromatic carbocycles. The Kier molecular flexibility index (Phi) is 6.73. The number of rotatable bonds is 7. The molecule has 0 saturated carbocycles. The van der Waals surface area contributed by atoms with E-state index in [0.717, 1.165) is 19.4 Å². The molecule has 0 fully saturated rings. The molecule has 0 aliphatic rings. The number of benzene rings is 1. The average Bonchev–Trinajstić information content (AvgIpc) is 2.43. The van der Waals surface area contributed by atoms with Gasteiger partial charge >= 0.3 is 0 Å². The largest absolute Gasteiger partial charge is 0.345 e. The molecule has 0 spiro atoms. The van der Waals surface area contributed by atoms with Gasteiger partial charge in [-0.3, -0.25) is 9.59 Å². The van der Waals surface area contributed by atoms with Gasteiger partial charge in [0, 0.05) is 25.3 Å². The predicted octanol–water partition coefficient (Wildman–Crippen LogP) is 1.72. The third-order valence-corrected chi connectivity index (χ3v) is 2.79. The lowest BCUT2D eigenvalue weighted by Crippen LogP contribution is -2.28. The number of hydrogen-bond donors (Lipinski definition) is 2. The van der Waals surface area contributed by atoms with Crippen LogP contribution in [0.3, 0.4) is 0 Å². The maximum Gasteiger partial charge on any atom is 0.253 e. The molecule has 0 aliphatic heterocycles. The first kappa shape index (κ1) is 16.2. The maximum atomic E-state index is 11.8. The van der Waals surface area contributed by atoms with Gasteiger partial charge in [0.15, 0.2) is 0 Å². The quantitative estimate of drug-likeness (QED) is 0.746. The van der Waals surface area contributed by atoms with Crippen molar-refractivity contribution in [3.63, 3.8) is 0 Å². The van der Waals surface area contributed by atoms with Crippen molar-refractivity contribution in [3.05, 3.63) is 29.8 Å². The lowest BCUT2D eigenvalue weighted by molar-refractivity contribution is -0.115. The van der Waals surface area contributed by atoms with E-state index >= 15 is 0 Å². The summed E-state index contributed by atoms with van der Waals surface area (Å²) >= 11 is 0. The zero-order chi connectivity index (χ0) is 15.0. The van der Waals surface area contributed by atoms with Crippen molar-refractivity contribution in [2.24, 2.45) is 0 Å². The fourth-order valence-corrected chi connectivity index (χ4v) is 1.70. The smallest absolute Gasteiger partial charge is 0.253 e. The van der Waals surface area contributed by atoms with Gasteiger partial charge in [0.25, 0.3) is 5.91 Å². The number of carbonyl (C=O) groups excluding carboxylic acids is 2. The highest BCUT2D eigenvalue weighted by atomic mass is 16.2. The van der Waals surface area contributed by atoms with E-state index in [1.807, 2.05) is 0 Å². The zero-order valence-electron chi connectivity index (χ0n) is 12.4. The summed E-state index contributed by atoms with van der Waals surface area (Å²) in [7, 11) is 3.40. The minimum atomic E-state index is -0.101. The van der Waals surface area contributed by atoms with E-state index in [-0.39, 0.29) is 18.4 Å². The van der Waals surface area contributed by atoms with Gasteiger partial charge in [-0.05, 0) is 31.2 Å². The maximum absolute atomic E-state index is 11.8. The SMILES string of the molecule is CCCCNCC(=O)Nc1cccc(C(=O)N(C)C)c1. The van der Waals surface area contributed by atoms with Crippen LogP contribution in [-0.2, 0) is 4.79 Å². The van der Waals surface area contributed by atoms with Crippen LogP contribution in [0.25, 0.3) is 0 Å². The van der Waals surface area contributed by atoms with Gasteiger partial charge in [0.05, 0.1) is 6.54 Å². The van der Waals surface area contributed by atoms with Crippen molar-refractivity contribution in [2.75, 3.05) is 32.5 Å². The Morgan fingerprint density at radius 1 is 1.25 bits per heavy atom. The van der Waals surface area contributed by atoms with Crippen molar-refractivity contribution in [1.29, 1.82) is 0 Å². The van der Waals surface area contributed by atoms with Crippen molar-refractivity contribution in [2.45, 2.75) is 19.8 Å². The number of hydrogen-bond acceptors (Lipinski definition) is 3. The highest BCUT2D eigenvalue weighted by molar-refractivity contribution is 5.97. The lowest BCUT2D eigenvalue weighted by Gasteiger charge is -2.12. The normalized spacial score (nSPS) is 10.2. The van der Waals surface area contributed by atoms with Gasteiger partial charge in [-0.15, -0.1) is 0 Å². The molecule has 0 aliphatic carbocycles. The summed E-state index contributed by atoms with van der Waals surface area (Å²) in [6.45, 7) is 3.23. The monoisotopic (exact) mass is 277 g/mol. The third kappa shape index (κ3) is 5.40. The second-order valence-electron chi connectivity index (χ2n) is 4.86. The van der Waals surface area contributed by atoms with E-state index < -0.39 is 0 Å². The second-order valence-corrected chi connectivity index (χ2v) is 4.86. The highest BCUT2D eigenvalue weighted by Crippen LogP contribution is 2.11. The van der Waals surface area contributed by atoms with Crippen LogP contribution >= 0.6 is 0 Å². The molecule has 1 aromatic rings. The Bertz CT molecular complexity index is 458. The van der Waals surface area contributed by atoms with Gasteiger partial charge in [0.1, 0.15) is 0 Å². The van der Waals surface area contributed by atoms with E-state index in [2.05, 4.69) is 17.6 Å². The Labute approximate surface area is 120 Å². The molecule has 2 N–H and O–H groups in total. The third-order valence-electron chi connectivity index (χ3n) is 2.79. The topological polar surface area (TPSA) is 61.4 Å². The first-order valence-corrected chi connectivity index (χ1v) is 6.87. The van der Waals surface area contributed by atoms with E-state index in [1.165, 1.54) is 4.90 Å². The molecule has 0 saturated heterocycles. The Morgan fingerprint density at radius 2 is 2.00 bits per heavy atom. The minimum Gasteiger partial charge on any atom is -0.345 e. The van der Waals surface area contributed by atoms with Gasteiger partial charge in [-0.25, -0.2) is 0 Å². The van der Waals surface area contributed by atoms with Crippen LogP contribution in [0.2, 0.25) is 0 Å². The molecular weight excluding hydrogens is 254 g/mol. The molecular formula is C15H23N3O2. The van der Waals surface area contributed by atoms with Crippen LogP contribution in [0.15, 0.2) is 24.3 Å². The molecule has 0 unspecified atom stereocenters. The van der Waals surface area contributed by atoms with Crippen LogP contribution in [0, 0.1) is 0 Å². The van der Waals surface area contributed by atoms with Gasteiger partial charge < -0.3 is 15.5 Å². The molecule has 0 atom stereocenters. The Hall–Kier alpha value is -1.88. The number of amides is 2. The highest BCUT2D eigenvalue weighted by Gasteiger charge is 2.09.